The quantitative estimate of drug-likeness (QED) is 0.533. The highest BCUT2D eigenvalue weighted by Gasteiger charge is 2.34. The summed E-state index contributed by atoms with van der Waals surface area (Å²) in [5, 5.41) is 0. The minimum absolute atomic E-state index is 0.106. The molecule has 0 amide bonds. The van der Waals surface area contributed by atoms with E-state index >= 15 is 0 Å². The van der Waals surface area contributed by atoms with E-state index in [9.17, 15) is 0 Å². The summed E-state index contributed by atoms with van der Waals surface area (Å²) in [6.07, 6.45) is 6.35. The first-order chi connectivity index (χ1) is 13.3. The van der Waals surface area contributed by atoms with E-state index in [1.165, 1.54) is 31.1 Å². The zero-order chi connectivity index (χ0) is 18.1. The van der Waals surface area contributed by atoms with Gasteiger partial charge in [0, 0.05) is 24.0 Å². The Kier molecular flexibility index (Phi) is 5.25. The molecule has 27 heavy (non-hydrogen) atoms. The first-order valence-corrected chi connectivity index (χ1v) is 12.0. The number of hydrogen-bond donors (Lipinski definition) is 0. The van der Waals surface area contributed by atoms with Crippen molar-refractivity contribution >= 4 is 0 Å². The molecule has 4 nitrogen and oxygen atoms in total. The van der Waals surface area contributed by atoms with Gasteiger partial charge in [-0.05, 0) is 62.1 Å². The topological polar surface area (TPSA) is 36.9 Å². The van der Waals surface area contributed by atoms with Gasteiger partial charge in [0.1, 0.15) is 11.5 Å². The fourth-order valence-corrected chi connectivity index (χ4v) is 6.57. The van der Waals surface area contributed by atoms with Crippen LogP contribution in [0.15, 0.2) is 36.4 Å². The Bertz CT molecular complexity index is 742. The molecule has 2 unspecified atom stereocenters. The third-order valence-corrected chi connectivity index (χ3v) is 8.22. The minimum Gasteiger partial charge on any atom is -0.465 e. The van der Waals surface area contributed by atoms with E-state index in [2.05, 4.69) is 36.4 Å². The van der Waals surface area contributed by atoms with Crippen molar-refractivity contribution in [2.45, 2.75) is 51.1 Å². The third-order valence-electron chi connectivity index (χ3n) is 5.18. The highest BCUT2D eigenvalue weighted by molar-refractivity contribution is 5.67. The molecule has 3 aliphatic heterocycles. The minimum atomic E-state index is -0.138. The summed E-state index contributed by atoms with van der Waals surface area (Å²) in [5.41, 5.74) is 2.59. The number of hydrogen-bond acceptors (Lipinski definition) is 4. The Balaban J connectivity index is 1.36. The number of ether oxygens (including phenoxy) is 4. The molecule has 0 bridgehead atoms. The summed E-state index contributed by atoms with van der Waals surface area (Å²) in [6, 6.07) is 13.0. The third kappa shape index (κ3) is 3.96. The Morgan fingerprint density at radius 2 is 1.22 bits per heavy atom. The number of halogens is 1. The van der Waals surface area contributed by atoms with Gasteiger partial charge in [-0.15, -0.1) is 0 Å². The summed E-state index contributed by atoms with van der Waals surface area (Å²) < 4.78 is 26.5. The van der Waals surface area contributed by atoms with E-state index < -0.39 is 0 Å². The van der Waals surface area contributed by atoms with Gasteiger partial charge in [-0.2, -0.15) is 0 Å². The molecule has 2 aromatic rings. The van der Waals surface area contributed by atoms with Crippen LogP contribution in [-0.2, 0) is 9.47 Å². The molecule has 5 heteroatoms. The maximum atomic E-state index is 6.09. The Morgan fingerprint density at radius 1 is 0.704 bits per heavy atom. The Hall–Kier alpha value is -1.31. The molecule has 0 aliphatic carbocycles. The zero-order valence-corrected chi connectivity index (χ0v) is 17.4. The van der Waals surface area contributed by atoms with Crippen LogP contribution in [0.1, 0.15) is 38.5 Å². The molecule has 5 rings (SSSR count). The Labute approximate surface area is 170 Å². The lowest BCUT2D eigenvalue weighted by Gasteiger charge is -2.23. The second kappa shape index (κ2) is 7.97. The van der Waals surface area contributed by atoms with Gasteiger partial charge in [0.05, 0.1) is 13.2 Å². The monoisotopic (exact) mass is 479 g/mol. The van der Waals surface area contributed by atoms with Gasteiger partial charge < -0.3 is 18.9 Å². The van der Waals surface area contributed by atoms with E-state index in [1.54, 1.807) is 0 Å². The first-order valence-electron chi connectivity index (χ1n) is 9.85. The van der Waals surface area contributed by atoms with Crippen molar-refractivity contribution in [1.29, 1.82) is 0 Å². The van der Waals surface area contributed by atoms with Crippen molar-refractivity contribution in [3.05, 3.63) is 43.5 Å². The van der Waals surface area contributed by atoms with E-state index in [1.807, 2.05) is 0 Å². The maximum absolute atomic E-state index is 6.09. The number of benzene rings is 2. The van der Waals surface area contributed by atoms with Gasteiger partial charge in [0.2, 0.25) is 7.14 Å². The van der Waals surface area contributed by atoms with E-state index in [0.717, 1.165) is 50.4 Å². The molecule has 142 valence electrons. The molecule has 0 saturated carbocycles. The van der Waals surface area contributed by atoms with E-state index in [0.29, 0.717) is 0 Å². The second-order valence-electron chi connectivity index (χ2n) is 7.21. The molecule has 2 fully saturated rings. The molecule has 0 spiro atoms. The van der Waals surface area contributed by atoms with Crippen LogP contribution in [0.25, 0.3) is 11.1 Å². The van der Waals surface area contributed by atoms with Gasteiger partial charge in [0.15, 0.2) is 12.6 Å². The van der Waals surface area contributed by atoms with Gasteiger partial charge in [-0.3, -0.25) is 0 Å². The number of rotatable bonds is 4. The van der Waals surface area contributed by atoms with Crippen molar-refractivity contribution in [1.82, 2.24) is 0 Å². The standard InChI is InChI=1S/C22H24IO4/c1-3-11-24-21(5-1)26-15-7-9-19-17(13-15)18-14-16(8-10-20(18)23-19)27-22-6-2-4-12-25-22/h7-10,13-14,21-22H,1-6,11-12H2/q+1. The molecule has 2 saturated heterocycles. The molecule has 0 N–H and O–H groups in total. The van der Waals surface area contributed by atoms with Gasteiger partial charge in [0.25, 0.3) is 0 Å². The summed E-state index contributed by atoms with van der Waals surface area (Å²) in [6.45, 7) is 1.60. The summed E-state index contributed by atoms with van der Waals surface area (Å²) >= 11 is -0.138. The molecule has 0 radical (unpaired) electrons. The highest BCUT2D eigenvalue weighted by atomic mass is 127. The van der Waals surface area contributed by atoms with Crippen molar-refractivity contribution in [2.24, 2.45) is 0 Å². The molecule has 3 aliphatic rings. The van der Waals surface area contributed by atoms with Gasteiger partial charge in [-0.1, -0.05) is 0 Å². The van der Waals surface area contributed by atoms with Crippen LogP contribution >= 0.6 is 0 Å². The van der Waals surface area contributed by atoms with Crippen LogP contribution < -0.4 is 30.7 Å². The predicted molar refractivity (Wildman–Crippen MR) is 97.7 cm³/mol. The predicted octanol–water partition coefficient (Wildman–Crippen LogP) is 1.61. The average molecular weight is 479 g/mol. The second-order valence-corrected chi connectivity index (χ2v) is 10.1. The molecular weight excluding hydrogens is 455 g/mol. The fraction of sp³-hybridized carbons (Fsp3) is 0.455. The fourth-order valence-electron chi connectivity index (χ4n) is 3.75. The first kappa shape index (κ1) is 17.8. The van der Waals surface area contributed by atoms with E-state index in [-0.39, 0.29) is 33.8 Å². The van der Waals surface area contributed by atoms with Crippen molar-refractivity contribution in [3.8, 4) is 22.6 Å². The SMILES string of the molecule is c1cc2c(cc1OC1CCCCO1)-c1cc(OC3CCCCO3)ccc1[I+]2. The van der Waals surface area contributed by atoms with Crippen LogP contribution in [0, 0.1) is 7.14 Å². The lowest BCUT2D eigenvalue weighted by Crippen LogP contribution is -3.61. The van der Waals surface area contributed by atoms with Gasteiger partial charge in [-0.25, -0.2) is 0 Å². The molecule has 2 atom stereocenters. The number of fused-ring (bicyclic) bond motifs is 3. The molecule has 2 aromatic carbocycles. The summed E-state index contributed by atoms with van der Waals surface area (Å²) in [4.78, 5) is 0. The highest BCUT2D eigenvalue weighted by Crippen LogP contribution is 2.31. The lowest BCUT2D eigenvalue weighted by atomic mass is 10.1. The maximum Gasteiger partial charge on any atom is 0.359 e. The van der Waals surface area contributed by atoms with Crippen LogP contribution in [0.5, 0.6) is 11.5 Å². The average Bonchev–Trinajstić information content (AvgIpc) is 3.07. The van der Waals surface area contributed by atoms with Crippen LogP contribution in [0.2, 0.25) is 0 Å². The van der Waals surface area contributed by atoms with Crippen LogP contribution in [0.4, 0.5) is 0 Å². The largest absolute Gasteiger partial charge is 0.465 e. The van der Waals surface area contributed by atoms with E-state index in [4.69, 9.17) is 18.9 Å². The lowest BCUT2D eigenvalue weighted by molar-refractivity contribution is -0.589. The normalized spacial score (nSPS) is 24.1. The zero-order valence-electron chi connectivity index (χ0n) is 15.3. The van der Waals surface area contributed by atoms with Gasteiger partial charge >= 0.3 is 21.2 Å². The van der Waals surface area contributed by atoms with Crippen molar-refractivity contribution in [2.75, 3.05) is 13.2 Å². The van der Waals surface area contributed by atoms with Crippen molar-refractivity contribution < 1.29 is 40.2 Å². The molecule has 3 heterocycles. The summed E-state index contributed by atoms with van der Waals surface area (Å²) in [7, 11) is 0. The van der Waals surface area contributed by atoms with Crippen LogP contribution in [-0.4, -0.2) is 25.8 Å². The Morgan fingerprint density at radius 3 is 1.67 bits per heavy atom. The van der Waals surface area contributed by atoms with Crippen molar-refractivity contribution in [3.63, 3.8) is 0 Å². The smallest absolute Gasteiger partial charge is 0.359 e. The summed E-state index contributed by atoms with van der Waals surface area (Å²) in [5.74, 6) is 1.80. The van der Waals surface area contributed by atoms with Crippen LogP contribution in [0.3, 0.4) is 0 Å². The molecular formula is C22H24IO4+. The molecule has 0 aromatic heterocycles.